The lowest BCUT2D eigenvalue weighted by atomic mass is 9.96. The maximum Gasteiger partial charge on any atom is 0.0414 e. The van der Waals surface area contributed by atoms with Crippen LogP contribution in [0.3, 0.4) is 0 Å². The second-order valence-electron chi connectivity index (χ2n) is 6.14. The van der Waals surface area contributed by atoms with Gasteiger partial charge in [-0.15, -0.1) is 0 Å². The van der Waals surface area contributed by atoms with Crippen LogP contribution in [0.5, 0.6) is 0 Å². The highest BCUT2D eigenvalue weighted by Gasteiger charge is 2.19. The van der Waals surface area contributed by atoms with Gasteiger partial charge in [-0.2, -0.15) is 0 Å². The van der Waals surface area contributed by atoms with Gasteiger partial charge >= 0.3 is 0 Å². The molecule has 0 saturated carbocycles. The van der Waals surface area contributed by atoms with E-state index in [1.807, 2.05) is 7.05 Å². The number of rotatable bonds is 5. The van der Waals surface area contributed by atoms with Crippen molar-refractivity contribution < 1.29 is 0 Å². The van der Waals surface area contributed by atoms with Crippen LogP contribution in [-0.4, -0.2) is 20.1 Å². The highest BCUT2D eigenvalue weighted by Crippen LogP contribution is 2.30. The van der Waals surface area contributed by atoms with Gasteiger partial charge < -0.3 is 10.2 Å². The van der Waals surface area contributed by atoms with E-state index in [2.05, 4.69) is 48.3 Å². The normalized spacial score (nSPS) is 21.6. The van der Waals surface area contributed by atoms with Gasteiger partial charge in [0.05, 0.1) is 0 Å². The molecule has 0 amide bonds. The molecule has 2 nitrogen and oxygen atoms in total. The first-order chi connectivity index (χ1) is 9.76. The lowest BCUT2D eigenvalue weighted by Gasteiger charge is -2.27. The maximum absolute atomic E-state index is 3.38. The molecule has 0 spiro atoms. The van der Waals surface area contributed by atoms with Crippen molar-refractivity contribution in [3.63, 3.8) is 0 Å². The summed E-state index contributed by atoms with van der Waals surface area (Å²) < 4.78 is 0. The van der Waals surface area contributed by atoms with Crippen molar-refractivity contribution >= 4 is 5.69 Å². The Morgan fingerprint density at radius 1 is 1.25 bits per heavy atom. The largest absolute Gasteiger partial charge is 0.371 e. The van der Waals surface area contributed by atoms with Crippen LogP contribution in [0.15, 0.2) is 24.3 Å². The van der Waals surface area contributed by atoms with E-state index in [1.54, 1.807) is 0 Å². The van der Waals surface area contributed by atoms with Crippen LogP contribution in [0.1, 0.15) is 57.6 Å². The standard InChI is InChI=1S/C18H30N2/c1-4-8-16-9-7-13-20(14-12-16)18-11-6-5-10-17(18)15(2)19-3/h5-6,10-11,15-16,19H,4,7-9,12-14H2,1-3H3. The molecule has 0 bridgehead atoms. The molecule has 0 aliphatic carbocycles. The second kappa shape index (κ2) is 7.68. The van der Waals surface area contributed by atoms with Crippen LogP contribution in [-0.2, 0) is 0 Å². The number of nitrogens with one attached hydrogen (secondary N) is 1. The Balaban J connectivity index is 2.11. The number of anilines is 1. The third-order valence-electron chi connectivity index (χ3n) is 4.72. The van der Waals surface area contributed by atoms with Gasteiger partial charge in [0.2, 0.25) is 0 Å². The van der Waals surface area contributed by atoms with Gasteiger partial charge in [-0.05, 0) is 50.8 Å². The minimum Gasteiger partial charge on any atom is -0.371 e. The maximum atomic E-state index is 3.38. The molecule has 1 aromatic carbocycles. The van der Waals surface area contributed by atoms with Gasteiger partial charge in [0.1, 0.15) is 0 Å². The molecule has 2 unspecified atom stereocenters. The monoisotopic (exact) mass is 274 g/mol. The second-order valence-corrected chi connectivity index (χ2v) is 6.14. The fourth-order valence-electron chi connectivity index (χ4n) is 3.40. The van der Waals surface area contributed by atoms with Gasteiger partial charge in [0.15, 0.2) is 0 Å². The third kappa shape index (κ3) is 3.76. The number of hydrogen-bond acceptors (Lipinski definition) is 2. The van der Waals surface area contributed by atoms with Crippen molar-refractivity contribution in [1.82, 2.24) is 5.32 Å². The number of nitrogens with zero attached hydrogens (tertiary/aromatic N) is 1. The predicted octanol–water partition coefficient (Wildman–Crippen LogP) is 4.37. The summed E-state index contributed by atoms with van der Waals surface area (Å²) in [5, 5.41) is 3.38. The molecular weight excluding hydrogens is 244 g/mol. The fourth-order valence-corrected chi connectivity index (χ4v) is 3.40. The lowest BCUT2D eigenvalue weighted by Crippen LogP contribution is -2.27. The van der Waals surface area contributed by atoms with Gasteiger partial charge in [0, 0.05) is 24.8 Å². The molecule has 1 aliphatic heterocycles. The highest BCUT2D eigenvalue weighted by molar-refractivity contribution is 5.55. The zero-order valence-electron chi connectivity index (χ0n) is 13.4. The highest BCUT2D eigenvalue weighted by atomic mass is 15.1. The molecule has 2 rings (SSSR count). The number of benzene rings is 1. The molecule has 1 N–H and O–H groups in total. The zero-order valence-corrected chi connectivity index (χ0v) is 13.4. The summed E-state index contributed by atoms with van der Waals surface area (Å²) in [4.78, 5) is 2.61. The first-order valence-corrected chi connectivity index (χ1v) is 8.27. The van der Waals surface area contributed by atoms with Crippen molar-refractivity contribution in [1.29, 1.82) is 0 Å². The van der Waals surface area contributed by atoms with Crippen LogP contribution in [0.4, 0.5) is 5.69 Å². The summed E-state index contributed by atoms with van der Waals surface area (Å²) in [7, 11) is 2.04. The molecular formula is C18H30N2. The predicted molar refractivity (Wildman–Crippen MR) is 88.4 cm³/mol. The van der Waals surface area contributed by atoms with Crippen molar-refractivity contribution in [2.24, 2.45) is 5.92 Å². The van der Waals surface area contributed by atoms with E-state index in [4.69, 9.17) is 0 Å². The Bertz CT molecular complexity index is 402. The van der Waals surface area contributed by atoms with Crippen LogP contribution in [0, 0.1) is 5.92 Å². The van der Waals surface area contributed by atoms with Gasteiger partial charge in [-0.25, -0.2) is 0 Å². The summed E-state index contributed by atoms with van der Waals surface area (Å²) in [6.45, 7) is 6.99. The first-order valence-electron chi connectivity index (χ1n) is 8.27. The molecule has 1 heterocycles. The summed E-state index contributed by atoms with van der Waals surface area (Å²) in [5.41, 5.74) is 2.87. The van der Waals surface area contributed by atoms with Gasteiger partial charge in [-0.3, -0.25) is 0 Å². The van der Waals surface area contributed by atoms with Gasteiger partial charge in [0.25, 0.3) is 0 Å². The summed E-state index contributed by atoms with van der Waals surface area (Å²) >= 11 is 0. The minimum atomic E-state index is 0.417. The Morgan fingerprint density at radius 2 is 2.05 bits per heavy atom. The molecule has 2 heteroatoms. The van der Waals surface area contributed by atoms with Crippen LogP contribution in [0.2, 0.25) is 0 Å². The minimum absolute atomic E-state index is 0.417. The van der Waals surface area contributed by atoms with E-state index in [0.29, 0.717) is 6.04 Å². The third-order valence-corrected chi connectivity index (χ3v) is 4.72. The molecule has 20 heavy (non-hydrogen) atoms. The SMILES string of the molecule is CCCC1CCCN(c2ccccc2C(C)NC)CC1. The molecule has 2 atom stereocenters. The first kappa shape index (κ1) is 15.4. The van der Waals surface area contributed by atoms with Crippen LogP contribution < -0.4 is 10.2 Å². The Kier molecular flexibility index (Phi) is 5.90. The Hall–Kier alpha value is -1.02. The van der Waals surface area contributed by atoms with E-state index >= 15 is 0 Å². The van der Waals surface area contributed by atoms with Crippen molar-refractivity contribution in [2.75, 3.05) is 25.0 Å². The van der Waals surface area contributed by atoms with E-state index in [0.717, 1.165) is 5.92 Å². The molecule has 0 aromatic heterocycles. The summed E-state index contributed by atoms with van der Waals surface area (Å²) in [6, 6.07) is 9.31. The molecule has 0 radical (unpaired) electrons. The fraction of sp³-hybridized carbons (Fsp3) is 0.667. The summed E-state index contributed by atoms with van der Waals surface area (Å²) in [5.74, 6) is 0.943. The lowest BCUT2D eigenvalue weighted by molar-refractivity contribution is 0.435. The van der Waals surface area contributed by atoms with E-state index in [9.17, 15) is 0 Å². The smallest absolute Gasteiger partial charge is 0.0414 e. The molecule has 1 aliphatic rings. The van der Waals surface area contributed by atoms with Crippen molar-refractivity contribution in [3.05, 3.63) is 29.8 Å². The topological polar surface area (TPSA) is 15.3 Å². The van der Waals surface area contributed by atoms with E-state index in [-0.39, 0.29) is 0 Å². The summed E-state index contributed by atoms with van der Waals surface area (Å²) in [6.07, 6.45) is 6.84. The number of hydrogen-bond donors (Lipinski definition) is 1. The molecule has 1 saturated heterocycles. The Morgan fingerprint density at radius 3 is 2.80 bits per heavy atom. The molecule has 1 aromatic rings. The quantitative estimate of drug-likeness (QED) is 0.857. The van der Waals surface area contributed by atoms with Crippen LogP contribution in [0.25, 0.3) is 0 Å². The molecule has 1 fully saturated rings. The van der Waals surface area contributed by atoms with Crippen molar-refractivity contribution in [3.8, 4) is 0 Å². The average Bonchev–Trinajstić information content (AvgIpc) is 2.72. The number of para-hydroxylation sites is 1. The molecule has 112 valence electrons. The van der Waals surface area contributed by atoms with Crippen LogP contribution >= 0.6 is 0 Å². The van der Waals surface area contributed by atoms with Gasteiger partial charge in [-0.1, -0.05) is 38.0 Å². The Labute approximate surface area is 124 Å². The zero-order chi connectivity index (χ0) is 14.4. The van der Waals surface area contributed by atoms with E-state index < -0.39 is 0 Å². The van der Waals surface area contributed by atoms with E-state index in [1.165, 1.54) is 56.4 Å². The van der Waals surface area contributed by atoms with Crippen molar-refractivity contribution in [2.45, 2.75) is 52.0 Å². The average molecular weight is 274 g/mol.